The Kier molecular flexibility index (Phi) is 6.05. The van der Waals surface area contributed by atoms with Crippen LogP contribution >= 0.6 is 11.6 Å². The summed E-state index contributed by atoms with van der Waals surface area (Å²) in [6.07, 6.45) is 0. The van der Waals surface area contributed by atoms with Crippen molar-refractivity contribution < 1.29 is 14.3 Å². The number of ketones is 1. The molecule has 1 aliphatic rings. The molecule has 0 bridgehead atoms. The summed E-state index contributed by atoms with van der Waals surface area (Å²) in [5.41, 5.74) is 3.30. The van der Waals surface area contributed by atoms with Crippen molar-refractivity contribution in [3.05, 3.63) is 112 Å². The lowest BCUT2D eigenvalue weighted by molar-refractivity contribution is 0.102. The first kappa shape index (κ1) is 20.7. The molecule has 156 valence electrons. The van der Waals surface area contributed by atoms with Crippen LogP contribution in [-0.2, 0) is 6.61 Å². The van der Waals surface area contributed by atoms with Gasteiger partial charge in [-0.25, -0.2) is 4.79 Å². The van der Waals surface area contributed by atoms with E-state index in [9.17, 15) is 9.59 Å². The molecule has 0 saturated heterocycles. The summed E-state index contributed by atoms with van der Waals surface area (Å²) in [7, 11) is 0. The van der Waals surface area contributed by atoms with E-state index in [-0.39, 0.29) is 11.8 Å². The molecule has 4 rings (SSSR count). The van der Waals surface area contributed by atoms with Crippen molar-refractivity contribution in [1.82, 2.24) is 10.6 Å². The Hall–Kier alpha value is -3.57. The number of urea groups is 1. The number of hydrogen-bond donors (Lipinski definition) is 2. The molecule has 3 aromatic rings. The van der Waals surface area contributed by atoms with E-state index in [2.05, 4.69) is 10.6 Å². The minimum absolute atomic E-state index is 0.178. The number of ether oxygens (including phenoxy) is 1. The first-order valence-corrected chi connectivity index (χ1v) is 10.2. The predicted molar refractivity (Wildman–Crippen MR) is 120 cm³/mol. The molecule has 0 aromatic heterocycles. The maximum Gasteiger partial charge on any atom is 0.319 e. The molecular formula is C25H21ClN2O3. The van der Waals surface area contributed by atoms with Gasteiger partial charge in [0.1, 0.15) is 12.4 Å². The minimum Gasteiger partial charge on any atom is -0.489 e. The Balaban J connectivity index is 1.63. The zero-order valence-electron chi connectivity index (χ0n) is 16.9. The monoisotopic (exact) mass is 432 g/mol. The average Bonchev–Trinajstić information content (AvgIpc) is 2.78. The van der Waals surface area contributed by atoms with Gasteiger partial charge in [-0.15, -0.1) is 0 Å². The molecule has 2 N–H and O–H groups in total. The average molecular weight is 433 g/mol. The number of carbonyl (C=O) groups excluding carboxylic acids is 2. The topological polar surface area (TPSA) is 67.4 Å². The van der Waals surface area contributed by atoms with E-state index < -0.39 is 6.04 Å². The number of carbonyl (C=O) groups is 2. The number of amides is 2. The first-order valence-electron chi connectivity index (χ1n) is 9.86. The summed E-state index contributed by atoms with van der Waals surface area (Å²) < 4.78 is 5.93. The number of allylic oxidation sites excluding steroid dienone is 1. The highest BCUT2D eigenvalue weighted by Crippen LogP contribution is 2.31. The van der Waals surface area contributed by atoms with Crippen LogP contribution in [0.25, 0.3) is 0 Å². The molecule has 1 unspecified atom stereocenters. The lowest BCUT2D eigenvalue weighted by atomic mass is 9.89. The summed E-state index contributed by atoms with van der Waals surface area (Å²) in [6, 6.07) is 23.0. The highest BCUT2D eigenvalue weighted by Gasteiger charge is 2.31. The van der Waals surface area contributed by atoms with Gasteiger partial charge in [0.15, 0.2) is 5.78 Å². The fourth-order valence-corrected chi connectivity index (χ4v) is 3.65. The number of Topliss-reactive ketones (excluding diaryl/α,β-unsaturated/α-hetero) is 1. The number of nitrogens with one attached hydrogen (secondary N) is 2. The Morgan fingerprint density at radius 1 is 1.00 bits per heavy atom. The second kappa shape index (κ2) is 9.06. The molecule has 1 atom stereocenters. The number of hydrogen-bond acceptors (Lipinski definition) is 3. The highest BCUT2D eigenvalue weighted by molar-refractivity contribution is 6.30. The minimum atomic E-state index is -0.600. The maximum atomic E-state index is 13.3. The third-order valence-corrected chi connectivity index (χ3v) is 5.31. The van der Waals surface area contributed by atoms with Crippen molar-refractivity contribution in [2.24, 2.45) is 0 Å². The maximum absolute atomic E-state index is 13.3. The van der Waals surface area contributed by atoms with E-state index in [4.69, 9.17) is 16.3 Å². The Morgan fingerprint density at radius 2 is 1.74 bits per heavy atom. The highest BCUT2D eigenvalue weighted by atomic mass is 35.5. The van der Waals surface area contributed by atoms with Gasteiger partial charge in [0.05, 0.1) is 6.04 Å². The van der Waals surface area contributed by atoms with Crippen molar-refractivity contribution in [3.63, 3.8) is 0 Å². The Bertz CT molecular complexity index is 1140. The van der Waals surface area contributed by atoms with Crippen molar-refractivity contribution in [2.75, 3.05) is 0 Å². The van der Waals surface area contributed by atoms with Crippen LogP contribution in [0.2, 0.25) is 5.02 Å². The van der Waals surface area contributed by atoms with Crippen LogP contribution in [0.1, 0.15) is 34.5 Å². The van der Waals surface area contributed by atoms with Crippen molar-refractivity contribution in [2.45, 2.75) is 19.6 Å². The van der Waals surface area contributed by atoms with E-state index in [1.807, 2.05) is 54.6 Å². The lowest BCUT2D eigenvalue weighted by Gasteiger charge is -2.29. The largest absolute Gasteiger partial charge is 0.489 e. The third kappa shape index (κ3) is 4.78. The van der Waals surface area contributed by atoms with E-state index in [1.54, 1.807) is 31.2 Å². The van der Waals surface area contributed by atoms with Gasteiger partial charge in [-0.1, -0.05) is 54.1 Å². The molecule has 0 spiro atoms. The molecule has 3 aromatic carbocycles. The van der Waals surface area contributed by atoms with Gasteiger partial charge in [-0.2, -0.15) is 0 Å². The molecule has 0 fully saturated rings. The first-order chi connectivity index (χ1) is 15.0. The molecule has 5 nitrogen and oxygen atoms in total. The van der Waals surface area contributed by atoms with Crippen molar-refractivity contribution in [1.29, 1.82) is 0 Å². The Labute approximate surface area is 185 Å². The molecular weight excluding hydrogens is 412 g/mol. The molecule has 1 aliphatic heterocycles. The zero-order valence-corrected chi connectivity index (χ0v) is 17.6. The van der Waals surface area contributed by atoms with E-state index in [0.29, 0.717) is 34.2 Å². The number of halogens is 1. The fourth-order valence-electron chi connectivity index (χ4n) is 3.53. The van der Waals surface area contributed by atoms with Crippen LogP contribution in [0.3, 0.4) is 0 Å². The summed E-state index contributed by atoms with van der Waals surface area (Å²) in [5.74, 6) is 0.479. The van der Waals surface area contributed by atoms with Crippen LogP contribution < -0.4 is 15.4 Å². The van der Waals surface area contributed by atoms with Crippen molar-refractivity contribution >= 4 is 23.4 Å². The molecule has 2 amide bonds. The Morgan fingerprint density at radius 3 is 2.48 bits per heavy atom. The lowest BCUT2D eigenvalue weighted by Crippen LogP contribution is -2.45. The van der Waals surface area contributed by atoms with Crippen LogP contribution in [0.5, 0.6) is 5.75 Å². The van der Waals surface area contributed by atoms with Crippen LogP contribution in [0.15, 0.2) is 90.1 Å². The number of benzene rings is 3. The molecule has 0 radical (unpaired) electrons. The van der Waals surface area contributed by atoms with Gasteiger partial charge in [-0.05, 0) is 54.4 Å². The van der Waals surface area contributed by atoms with Crippen LogP contribution in [0, 0.1) is 0 Å². The summed E-state index contributed by atoms with van der Waals surface area (Å²) in [4.78, 5) is 25.5. The second-order valence-electron chi connectivity index (χ2n) is 7.25. The van der Waals surface area contributed by atoms with E-state index in [1.165, 1.54) is 0 Å². The smallest absolute Gasteiger partial charge is 0.319 e. The van der Waals surface area contributed by atoms with Gasteiger partial charge >= 0.3 is 6.03 Å². The normalized spacial score (nSPS) is 15.8. The van der Waals surface area contributed by atoms with E-state index >= 15 is 0 Å². The van der Waals surface area contributed by atoms with Crippen molar-refractivity contribution in [3.8, 4) is 5.75 Å². The summed E-state index contributed by atoms with van der Waals surface area (Å²) in [5, 5.41) is 6.12. The van der Waals surface area contributed by atoms with E-state index in [0.717, 1.165) is 11.1 Å². The van der Waals surface area contributed by atoms with Gasteiger partial charge in [-0.3, -0.25) is 4.79 Å². The quantitative estimate of drug-likeness (QED) is 0.510. The SMILES string of the molecule is CC1=C(C(=O)c2ccc(Cl)cc2)C(c2cccc(OCc3ccccc3)c2)NC(=O)N1. The predicted octanol–water partition coefficient (Wildman–Crippen LogP) is 5.43. The molecule has 0 aliphatic carbocycles. The summed E-state index contributed by atoms with van der Waals surface area (Å²) >= 11 is 5.96. The summed E-state index contributed by atoms with van der Waals surface area (Å²) in [6.45, 7) is 2.15. The fraction of sp³-hybridized carbons (Fsp3) is 0.120. The molecule has 1 heterocycles. The zero-order chi connectivity index (χ0) is 21.8. The number of rotatable bonds is 6. The second-order valence-corrected chi connectivity index (χ2v) is 7.69. The standard InChI is InChI=1S/C25H21ClN2O3/c1-16-22(24(29)18-10-12-20(26)13-11-18)23(28-25(30)27-16)19-8-5-9-21(14-19)31-15-17-6-3-2-4-7-17/h2-14,23H,15H2,1H3,(H2,27,28,30). The molecule has 0 saturated carbocycles. The van der Waals surface area contributed by atoms with Gasteiger partial charge < -0.3 is 15.4 Å². The third-order valence-electron chi connectivity index (χ3n) is 5.06. The molecule has 31 heavy (non-hydrogen) atoms. The molecule has 6 heteroatoms. The van der Waals surface area contributed by atoms with Gasteiger partial charge in [0.2, 0.25) is 0 Å². The van der Waals surface area contributed by atoms with Crippen LogP contribution in [-0.4, -0.2) is 11.8 Å². The van der Waals surface area contributed by atoms with Gasteiger partial charge in [0, 0.05) is 21.9 Å². The van der Waals surface area contributed by atoms with Crippen LogP contribution in [0.4, 0.5) is 4.79 Å². The van der Waals surface area contributed by atoms with Gasteiger partial charge in [0.25, 0.3) is 0 Å².